The van der Waals surface area contributed by atoms with Gasteiger partial charge in [0.25, 0.3) is 5.78 Å². The number of methoxy groups -OCH3 is 1. The van der Waals surface area contributed by atoms with E-state index in [-0.39, 0.29) is 0 Å². The summed E-state index contributed by atoms with van der Waals surface area (Å²) in [6.07, 6.45) is 0. The standard InChI is InChI=1S/C21H19N7OS/c1-13-10-19(23-14-6-5-7-15(11-14)29-2)28-20(22-13)26-21(27-28)30-12-18-24-16-8-3-4-9-17(16)25-18/h3-11,23H,12H2,1-2H3,(H,24,25). The van der Waals surface area contributed by atoms with Crippen molar-refractivity contribution >= 4 is 40.1 Å². The van der Waals surface area contributed by atoms with E-state index in [0.29, 0.717) is 16.7 Å². The van der Waals surface area contributed by atoms with Crippen LogP contribution in [0.5, 0.6) is 5.75 Å². The summed E-state index contributed by atoms with van der Waals surface area (Å²) in [5.74, 6) is 3.64. The molecule has 0 saturated heterocycles. The van der Waals surface area contributed by atoms with Crippen molar-refractivity contribution in [3.8, 4) is 5.75 Å². The molecule has 2 aromatic carbocycles. The molecule has 0 saturated carbocycles. The summed E-state index contributed by atoms with van der Waals surface area (Å²) in [5.41, 5.74) is 3.73. The lowest BCUT2D eigenvalue weighted by Crippen LogP contribution is -2.02. The van der Waals surface area contributed by atoms with E-state index < -0.39 is 0 Å². The van der Waals surface area contributed by atoms with E-state index in [0.717, 1.165) is 39.8 Å². The van der Waals surface area contributed by atoms with Gasteiger partial charge in [0.2, 0.25) is 5.16 Å². The first kappa shape index (κ1) is 18.4. The highest BCUT2D eigenvalue weighted by molar-refractivity contribution is 7.98. The third-order valence-electron chi connectivity index (χ3n) is 4.54. The fourth-order valence-electron chi connectivity index (χ4n) is 3.17. The van der Waals surface area contributed by atoms with Gasteiger partial charge >= 0.3 is 0 Å². The van der Waals surface area contributed by atoms with Crippen LogP contribution in [-0.4, -0.2) is 36.7 Å². The van der Waals surface area contributed by atoms with Crippen LogP contribution >= 0.6 is 11.8 Å². The molecule has 0 unspecified atom stereocenters. The molecular formula is C21H19N7OS. The molecule has 0 aliphatic heterocycles. The largest absolute Gasteiger partial charge is 0.497 e. The molecule has 0 atom stereocenters. The number of H-pyrrole nitrogens is 1. The summed E-state index contributed by atoms with van der Waals surface area (Å²) in [7, 11) is 1.65. The topological polar surface area (TPSA) is 93.0 Å². The molecule has 3 heterocycles. The molecule has 0 aliphatic rings. The summed E-state index contributed by atoms with van der Waals surface area (Å²) < 4.78 is 7.02. The minimum Gasteiger partial charge on any atom is -0.497 e. The Balaban J connectivity index is 1.41. The molecule has 5 aromatic rings. The number of fused-ring (bicyclic) bond motifs is 2. The molecule has 9 heteroatoms. The Labute approximate surface area is 176 Å². The number of thioether (sulfide) groups is 1. The first-order valence-electron chi connectivity index (χ1n) is 9.40. The maximum Gasteiger partial charge on any atom is 0.255 e. The molecule has 0 spiro atoms. The van der Waals surface area contributed by atoms with Crippen LogP contribution < -0.4 is 10.1 Å². The van der Waals surface area contributed by atoms with E-state index in [1.807, 2.05) is 61.5 Å². The lowest BCUT2D eigenvalue weighted by atomic mass is 10.3. The molecule has 2 N–H and O–H groups in total. The van der Waals surface area contributed by atoms with Gasteiger partial charge in [0, 0.05) is 23.5 Å². The maximum atomic E-state index is 5.30. The van der Waals surface area contributed by atoms with Crippen LogP contribution in [0, 0.1) is 6.92 Å². The van der Waals surface area contributed by atoms with Crippen molar-refractivity contribution in [1.29, 1.82) is 0 Å². The number of aromatic amines is 1. The quantitative estimate of drug-likeness (QED) is 0.397. The normalized spacial score (nSPS) is 11.3. The fraction of sp³-hybridized carbons (Fsp3) is 0.143. The Bertz CT molecular complexity index is 1310. The minimum absolute atomic E-state index is 0.549. The van der Waals surface area contributed by atoms with Crippen LogP contribution in [-0.2, 0) is 5.75 Å². The van der Waals surface area contributed by atoms with Gasteiger partial charge < -0.3 is 15.0 Å². The summed E-state index contributed by atoms with van der Waals surface area (Å²) in [6.45, 7) is 1.94. The summed E-state index contributed by atoms with van der Waals surface area (Å²) in [4.78, 5) is 17.0. The highest BCUT2D eigenvalue weighted by atomic mass is 32.2. The Morgan fingerprint density at radius 1 is 1.07 bits per heavy atom. The second-order valence-electron chi connectivity index (χ2n) is 6.74. The third-order valence-corrected chi connectivity index (χ3v) is 5.39. The fourth-order valence-corrected chi connectivity index (χ4v) is 3.86. The molecule has 0 bridgehead atoms. The number of para-hydroxylation sites is 2. The van der Waals surface area contributed by atoms with E-state index in [9.17, 15) is 0 Å². The highest BCUT2D eigenvalue weighted by Crippen LogP contribution is 2.25. The Morgan fingerprint density at radius 2 is 1.97 bits per heavy atom. The molecule has 0 fully saturated rings. The van der Waals surface area contributed by atoms with E-state index in [1.165, 1.54) is 11.8 Å². The second-order valence-corrected chi connectivity index (χ2v) is 7.68. The average Bonchev–Trinajstić information content (AvgIpc) is 3.35. The molecule has 150 valence electrons. The van der Waals surface area contributed by atoms with Crippen LogP contribution in [0.2, 0.25) is 0 Å². The number of imidazole rings is 1. The van der Waals surface area contributed by atoms with Crippen molar-refractivity contribution in [3.05, 3.63) is 66.1 Å². The number of hydrogen-bond acceptors (Lipinski definition) is 7. The van der Waals surface area contributed by atoms with Crippen LogP contribution in [0.25, 0.3) is 16.8 Å². The van der Waals surface area contributed by atoms with Gasteiger partial charge in [-0.25, -0.2) is 9.97 Å². The van der Waals surface area contributed by atoms with Crippen molar-refractivity contribution in [2.24, 2.45) is 0 Å². The SMILES string of the molecule is COc1cccc(Nc2cc(C)nc3nc(SCc4nc5ccccc5[nH]4)nn23)c1. The van der Waals surface area contributed by atoms with E-state index in [2.05, 4.69) is 30.4 Å². The number of anilines is 2. The lowest BCUT2D eigenvalue weighted by molar-refractivity contribution is 0.415. The first-order valence-corrected chi connectivity index (χ1v) is 10.4. The number of nitrogens with zero attached hydrogens (tertiary/aromatic N) is 5. The predicted octanol–water partition coefficient (Wildman–Crippen LogP) is 4.35. The van der Waals surface area contributed by atoms with Crippen LogP contribution in [0.3, 0.4) is 0 Å². The average molecular weight is 417 g/mol. The number of rotatable bonds is 6. The first-order chi connectivity index (χ1) is 14.7. The van der Waals surface area contributed by atoms with Gasteiger partial charge in [-0.3, -0.25) is 0 Å². The maximum absolute atomic E-state index is 5.30. The zero-order valence-corrected chi connectivity index (χ0v) is 17.3. The van der Waals surface area contributed by atoms with E-state index in [4.69, 9.17) is 4.74 Å². The van der Waals surface area contributed by atoms with Crippen molar-refractivity contribution in [1.82, 2.24) is 29.5 Å². The molecular weight excluding hydrogens is 398 g/mol. The number of hydrogen-bond donors (Lipinski definition) is 2. The molecule has 0 aliphatic carbocycles. The number of benzene rings is 2. The van der Waals surface area contributed by atoms with Gasteiger partial charge in [0.1, 0.15) is 17.4 Å². The molecule has 30 heavy (non-hydrogen) atoms. The third kappa shape index (κ3) is 3.67. The van der Waals surface area contributed by atoms with Crippen LogP contribution in [0.1, 0.15) is 11.5 Å². The smallest absolute Gasteiger partial charge is 0.255 e. The number of aromatic nitrogens is 6. The van der Waals surface area contributed by atoms with Crippen LogP contribution in [0.15, 0.2) is 59.8 Å². The van der Waals surface area contributed by atoms with E-state index in [1.54, 1.807) is 11.6 Å². The summed E-state index contributed by atoms with van der Waals surface area (Å²) >= 11 is 1.52. The van der Waals surface area contributed by atoms with Gasteiger partial charge in [-0.05, 0) is 31.2 Å². The van der Waals surface area contributed by atoms with Gasteiger partial charge in [-0.15, -0.1) is 5.10 Å². The van der Waals surface area contributed by atoms with Gasteiger partial charge in [-0.1, -0.05) is 30.0 Å². The predicted molar refractivity (Wildman–Crippen MR) is 117 cm³/mol. The summed E-state index contributed by atoms with van der Waals surface area (Å²) in [5, 5.41) is 8.65. The lowest BCUT2D eigenvalue weighted by Gasteiger charge is -2.09. The highest BCUT2D eigenvalue weighted by Gasteiger charge is 2.12. The number of nitrogens with one attached hydrogen (secondary N) is 2. The van der Waals surface area contributed by atoms with Crippen LogP contribution in [0.4, 0.5) is 11.5 Å². The number of aryl methyl sites for hydroxylation is 1. The van der Waals surface area contributed by atoms with Crippen molar-refractivity contribution in [3.63, 3.8) is 0 Å². The Morgan fingerprint density at radius 3 is 2.83 bits per heavy atom. The minimum atomic E-state index is 0.549. The molecule has 3 aromatic heterocycles. The van der Waals surface area contributed by atoms with Gasteiger partial charge in [0.15, 0.2) is 0 Å². The van der Waals surface area contributed by atoms with Crippen molar-refractivity contribution in [2.45, 2.75) is 17.8 Å². The Kier molecular flexibility index (Phi) is 4.72. The zero-order valence-electron chi connectivity index (χ0n) is 16.5. The monoisotopic (exact) mass is 417 g/mol. The second kappa shape index (κ2) is 7.68. The van der Waals surface area contributed by atoms with Gasteiger partial charge in [0.05, 0.1) is 23.9 Å². The molecule has 5 rings (SSSR count). The van der Waals surface area contributed by atoms with E-state index >= 15 is 0 Å². The molecule has 0 radical (unpaired) electrons. The van der Waals surface area contributed by atoms with Crippen molar-refractivity contribution < 1.29 is 4.74 Å². The zero-order chi connectivity index (χ0) is 20.5. The molecule has 8 nitrogen and oxygen atoms in total. The Hall–Kier alpha value is -3.59. The number of ether oxygens (including phenoxy) is 1. The van der Waals surface area contributed by atoms with Gasteiger partial charge in [-0.2, -0.15) is 9.50 Å². The van der Waals surface area contributed by atoms with Crippen molar-refractivity contribution in [2.75, 3.05) is 12.4 Å². The molecule has 0 amide bonds. The summed E-state index contributed by atoms with van der Waals surface area (Å²) in [6, 6.07) is 17.7.